The molecule has 1 aliphatic carbocycles. The summed E-state index contributed by atoms with van der Waals surface area (Å²) in [5, 5.41) is 12.8. The van der Waals surface area contributed by atoms with E-state index in [0.717, 1.165) is 24.2 Å². The molecule has 1 fully saturated rings. The third-order valence-electron chi connectivity index (χ3n) is 3.22. The molecule has 0 amide bonds. The predicted octanol–water partition coefficient (Wildman–Crippen LogP) is 1.81. The van der Waals surface area contributed by atoms with Crippen LogP contribution in [0.1, 0.15) is 37.1 Å². The van der Waals surface area contributed by atoms with Crippen molar-refractivity contribution in [3.63, 3.8) is 0 Å². The van der Waals surface area contributed by atoms with Crippen LogP contribution in [-0.2, 0) is 0 Å². The third kappa shape index (κ3) is 2.32. The summed E-state index contributed by atoms with van der Waals surface area (Å²) in [7, 11) is 0. The van der Waals surface area contributed by atoms with E-state index in [4.69, 9.17) is 0 Å². The van der Waals surface area contributed by atoms with E-state index in [2.05, 4.69) is 15.3 Å². The highest BCUT2D eigenvalue weighted by atomic mass is 16.3. The van der Waals surface area contributed by atoms with E-state index >= 15 is 0 Å². The van der Waals surface area contributed by atoms with Crippen LogP contribution in [0.5, 0.6) is 0 Å². The van der Waals surface area contributed by atoms with Crippen molar-refractivity contribution >= 4 is 5.95 Å². The van der Waals surface area contributed by atoms with Gasteiger partial charge in [0.05, 0.1) is 12.1 Å². The zero-order valence-corrected chi connectivity index (χ0v) is 9.95. The molecule has 0 radical (unpaired) electrons. The van der Waals surface area contributed by atoms with Crippen molar-refractivity contribution in [2.24, 2.45) is 0 Å². The first-order chi connectivity index (χ1) is 7.63. The van der Waals surface area contributed by atoms with Gasteiger partial charge in [0.2, 0.25) is 5.95 Å². The lowest BCUT2D eigenvalue weighted by molar-refractivity contribution is 0.213. The Bertz CT molecular complexity index is 352. The van der Waals surface area contributed by atoms with Gasteiger partial charge < -0.3 is 10.4 Å². The lowest BCUT2D eigenvalue weighted by Crippen LogP contribution is -2.39. The number of aliphatic hydroxyl groups is 1. The van der Waals surface area contributed by atoms with Crippen molar-refractivity contribution < 1.29 is 5.11 Å². The van der Waals surface area contributed by atoms with Crippen molar-refractivity contribution in [2.45, 2.75) is 45.1 Å². The molecule has 1 aliphatic rings. The summed E-state index contributed by atoms with van der Waals surface area (Å²) in [4.78, 5) is 8.71. The van der Waals surface area contributed by atoms with E-state index < -0.39 is 0 Å². The molecule has 2 rings (SSSR count). The van der Waals surface area contributed by atoms with Crippen LogP contribution in [-0.4, -0.2) is 27.2 Å². The first-order valence-corrected chi connectivity index (χ1v) is 5.85. The Kier molecular flexibility index (Phi) is 3.10. The summed E-state index contributed by atoms with van der Waals surface area (Å²) in [5.74, 6) is 0.647. The quantitative estimate of drug-likeness (QED) is 0.817. The Labute approximate surface area is 96.1 Å². The maximum Gasteiger partial charge on any atom is 0.223 e. The molecule has 0 unspecified atom stereocenters. The lowest BCUT2D eigenvalue weighted by Gasteiger charge is -2.28. The topological polar surface area (TPSA) is 58.0 Å². The summed E-state index contributed by atoms with van der Waals surface area (Å²) in [6.07, 6.45) is 4.33. The van der Waals surface area contributed by atoms with E-state index in [-0.39, 0.29) is 12.1 Å². The van der Waals surface area contributed by atoms with Gasteiger partial charge in [-0.2, -0.15) is 0 Å². The fourth-order valence-corrected chi connectivity index (χ4v) is 2.39. The minimum absolute atomic E-state index is 0.156. The molecule has 0 bridgehead atoms. The largest absolute Gasteiger partial charge is 0.394 e. The second-order valence-electron chi connectivity index (χ2n) is 4.74. The molecular formula is C12H19N3O. The van der Waals surface area contributed by atoms with Crippen LogP contribution < -0.4 is 5.32 Å². The minimum atomic E-state index is -0.194. The Balaban J connectivity index is 2.18. The average molecular weight is 221 g/mol. The first kappa shape index (κ1) is 11.3. The van der Waals surface area contributed by atoms with E-state index in [9.17, 15) is 5.11 Å². The molecular weight excluding hydrogens is 202 g/mol. The van der Waals surface area contributed by atoms with Crippen LogP contribution in [0.25, 0.3) is 0 Å². The van der Waals surface area contributed by atoms with Gasteiger partial charge in [-0.25, -0.2) is 9.97 Å². The van der Waals surface area contributed by atoms with Gasteiger partial charge in [0, 0.05) is 11.4 Å². The smallest absolute Gasteiger partial charge is 0.223 e. The highest BCUT2D eigenvalue weighted by molar-refractivity contribution is 5.32. The standard InChI is InChI=1S/C12H19N3O/c1-9-7-10(2)14-11(13-9)15-12(8-16)5-3-4-6-12/h7,16H,3-6,8H2,1-2H3,(H,13,14,15). The molecule has 0 aliphatic heterocycles. The molecule has 1 saturated carbocycles. The summed E-state index contributed by atoms with van der Waals surface area (Å²) in [6.45, 7) is 4.07. The number of aromatic nitrogens is 2. The van der Waals surface area contributed by atoms with Crippen molar-refractivity contribution in [1.29, 1.82) is 0 Å². The Morgan fingerprint density at radius 2 is 1.81 bits per heavy atom. The SMILES string of the molecule is Cc1cc(C)nc(NC2(CO)CCCC2)n1. The van der Waals surface area contributed by atoms with Gasteiger partial charge in [-0.3, -0.25) is 0 Å². The van der Waals surface area contributed by atoms with Crippen LogP contribution in [0.4, 0.5) is 5.95 Å². The average Bonchev–Trinajstić information content (AvgIpc) is 2.65. The molecule has 1 aromatic heterocycles. The number of nitrogens with one attached hydrogen (secondary N) is 1. The Hall–Kier alpha value is -1.16. The summed E-state index contributed by atoms with van der Waals surface area (Å²) < 4.78 is 0. The molecule has 4 nitrogen and oxygen atoms in total. The molecule has 16 heavy (non-hydrogen) atoms. The minimum Gasteiger partial charge on any atom is -0.394 e. The number of rotatable bonds is 3. The number of hydrogen-bond acceptors (Lipinski definition) is 4. The van der Waals surface area contributed by atoms with Crippen LogP contribution in [0, 0.1) is 13.8 Å². The lowest BCUT2D eigenvalue weighted by atomic mass is 9.99. The first-order valence-electron chi connectivity index (χ1n) is 5.85. The van der Waals surface area contributed by atoms with Crippen LogP contribution >= 0.6 is 0 Å². The maximum absolute atomic E-state index is 9.50. The molecule has 1 aromatic rings. The van der Waals surface area contributed by atoms with E-state index in [1.54, 1.807) is 0 Å². The third-order valence-corrected chi connectivity index (χ3v) is 3.22. The van der Waals surface area contributed by atoms with E-state index in [1.807, 2.05) is 19.9 Å². The molecule has 1 heterocycles. The fraction of sp³-hybridized carbons (Fsp3) is 0.667. The van der Waals surface area contributed by atoms with Gasteiger partial charge in [-0.1, -0.05) is 12.8 Å². The van der Waals surface area contributed by atoms with Crippen LogP contribution in [0.15, 0.2) is 6.07 Å². The van der Waals surface area contributed by atoms with Crippen LogP contribution in [0.2, 0.25) is 0 Å². The van der Waals surface area contributed by atoms with E-state index in [1.165, 1.54) is 12.8 Å². The summed E-state index contributed by atoms with van der Waals surface area (Å²) >= 11 is 0. The molecule has 0 spiro atoms. The highest BCUT2D eigenvalue weighted by Crippen LogP contribution is 2.31. The summed E-state index contributed by atoms with van der Waals surface area (Å²) in [6, 6.07) is 1.95. The number of aryl methyl sites for hydroxylation is 2. The Morgan fingerprint density at radius 1 is 1.25 bits per heavy atom. The van der Waals surface area contributed by atoms with Crippen molar-refractivity contribution in [1.82, 2.24) is 9.97 Å². The molecule has 88 valence electrons. The van der Waals surface area contributed by atoms with Crippen molar-refractivity contribution in [3.8, 4) is 0 Å². The van der Waals surface area contributed by atoms with Gasteiger partial charge in [-0.15, -0.1) is 0 Å². The molecule has 0 saturated heterocycles. The van der Waals surface area contributed by atoms with Crippen molar-refractivity contribution in [2.75, 3.05) is 11.9 Å². The number of anilines is 1. The van der Waals surface area contributed by atoms with Crippen LogP contribution in [0.3, 0.4) is 0 Å². The Morgan fingerprint density at radius 3 is 2.31 bits per heavy atom. The van der Waals surface area contributed by atoms with Crippen molar-refractivity contribution in [3.05, 3.63) is 17.5 Å². The predicted molar refractivity (Wildman–Crippen MR) is 63.4 cm³/mol. The normalized spacial score (nSPS) is 18.7. The fourth-order valence-electron chi connectivity index (χ4n) is 2.39. The second-order valence-corrected chi connectivity index (χ2v) is 4.74. The molecule has 2 N–H and O–H groups in total. The monoisotopic (exact) mass is 221 g/mol. The zero-order chi connectivity index (χ0) is 11.6. The van der Waals surface area contributed by atoms with Gasteiger partial charge in [-0.05, 0) is 32.8 Å². The summed E-state index contributed by atoms with van der Waals surface area (Å²) in [5.41, 5.74) is 1.72. The molecule has 0 aromatic carbocycles. The second kappa shape index (κ2) is 4.37. The van der Waals surface area contributed by atoms with Gasteiger partial charge in [0.15, 0.2) is 0 Å². The molecule has 0 atom stereocenters. The van der Waals surface area contributed by atoms with Gasteiger partial charge in [0.1, 0.15) is 0 Å². The van der Waals surface area contributed by atoms with Gasteiger partial charge in [0.25, 0.3) is 0 Å². The van der Waals surface area contributed by atoms with E-state index in [0.29, 0.717) is 5.95 Å². The molecule has 4 heteroatoms. The maximum atomic E-state index is 9.50. The number of nitrogens with zero attached hydrogens (tertiary/aromatic N) is 2. The van der Waals surface area contributed by atoms with Gasteiger partial charge >= 0.3 is 0 Å². The number of hydrogen-bond donors (Lipinski definition) is 2. The number of aliphatic hydroxyl groups excluding tert-OH is 1. The zero-order valence-electron chi connectivity index (χ0n) is 9.95. The highest BCUT2D eigenvalue weighted by Gasteiger charge is 2.33.